The summed E-state index contributed by atoms with van der Waals surface area (Å²) in [6.07, 6.45) is 7.71. The summed E-state index contributed by atoms with van der Waals surface area (Å²) in [6, 6.07) is -1.11. The van der Waals surface area contributed by atoms with Crippen molar-refractivity contribution < 1.29 is 53.9 Å². The molecule has 13 heteroatoms. The average Bonchev–Trinajstić information content (AvgIpc) is 2.99. The maximum Gasteiger partial charge on any atom is 0.472 e. The lowest BCUT2D eigenvalue weighted by molar-refractivity contribution is -0.220. The summed E-state index contributed by atoms with van der Waals surface area (Å²) < 4.78 is 22.6. The van der Waals surface area contributed by atoms with Crippen LogP contribution >= 0.6 is 7.82 Å². The Balaban J connectivity index is 2.70. The van der Waals surface area contributed by atoms with Crippen molar-refractivity contribution in [1.82, 2.24) is 5.32 Å². The number of aliphatic hydroxyl groups excluding tert-OH is 6. The van der Waals surface area contributed by atoms with Gasteiger partial charge in [0.2, 0.25) is 5.91 Å². The number of hydrogen-bond donors (Lipinski definition) is 8. The van der Waals surface area contributed by atoms with Crippen LogP contribution in [0.2, 0.25) is 0 Å². The normalized spacial score (nSPS) is 26.8. The maximum atomic E-state index is 12.7. The molecule has 6 unspecified atom stereocenters. The van der Waals surface area contributed by atoms with E-state index < -0.39 is 63.2 Å². The highest BCUT2D eigenvalue weighted by Gasteiger charge is 2.51. The van der Waals surface area contributed by atoms with E-state index in [0.29, 0.717) is 6.42 Å². The van der Waals surface area contributed by atoms with E-state index in [1.54, 1.807) is 6.08 Å². The van der Waals surface area contributed by atoms with Crippen LogP contribution in [0.3, 0.4) is 0 Å². The summed E-state index contributed by atoms with van der Waals surface area (Å²) in [5.74, 6) is -0.351. The molecule has 0 bridgehead atoms. The summed E-state index contributed by atoms with van der Waals surface area (Å²) in [5.41, 5.74) is 0. The van der Waals surface area contributed by atoms with Crippen LogP contribution in [0.15, 0.2) is 12.2 Å². The van der Waals surface area contributed by atoms with Gasteiger partial charge < -0.3 is 40.8 Å². The Kier molecular flexibility index (Phi) is 21.9. The van der Waals surface area contributed by atoms with E-state index in [4.69, 9.17) is 9.05 Å². The van der Waals surface area contributed by atoms with Gasteiger partial charge in [-0.15, -0.1) is 0 Å². The molecular weight excluding hydrogens is 593 g/mol. The molecule has 0 spiro atoms. The summed E-state index contributed by atoms with van der Waals surface area (Å²) >= 11 is 0. The van der Waals surface area contributed by atoms with Crippen LogP contribution in [-0.2, 0) is 18.4 Å². The van der Waals surface area contributed by atoms with Gasteiger partial charge in [0.25, 0.3) is 0 Å². The van der Waals surface area contributed by atoms with E-state index in [2.05, 4.69) is 19.2 Å². The van der Waals surface area contributed by atoms with Gasteiger partial charge >= 0.3 is 7.82 Å². The fourth-order valence-electron chi connectivity index (χ4n) is 5.19. The van der Waals surface area contributed by atoms with Crippen LogP contribution in [0.4, 0.5) is 0 Å². The second-order valence-electron chi connectivity index (χ2n) is 12.0. The number of rotatable bonds is 25. The molecule has 0 radical (unpaired) electrons. The van der Waals surface area contributed by atoms with Gasteiger partial charge in [-0.1, -0.05) is 109 Å². The van der Waals surface area contributed by atoms with E-state index in [1.165, 1.54) is 57.4 Å². The zero-order valence-electron chi connectivity index (χ0n) is 26.7. The van der Waals surface area contributed by atoms with Gasteiger partial charge in [-0.25, -0.2) is 4.57 Å². The minimum absolute atomic E-state index is 0.214. The highest BCUT2D eigenvalue weighted by Crippen LogP contribution is 2.47. The molecule has 1 fully saturated rings. The third kappa shape index (κ3) is 16.6. The molecule has 1 rings (SSSR count). The minimum Gasteiger partial charge on any atom is -0.387 e. The molecule has 0 aromatic carbocycles. The molecule has 44 heavy (non-hydrogen) atoms. The molecule has 260 valence electrons. The van der Waals surface area contributed by atoms with Crippen LogP contribution in [-0.4, -0.2) is 96.8 Å². The Morgan fingerprint density at radius 3 is 1.73 bits per heavy atom. The Morgan fingerprint density at radius 1 is 0.750 bits per heavy atom. The van der Waals surface area contributed by atoms with E-state index in [-0.39, 0.29) is 12.3 Å². The van der Waals surface area contributed by atoms with Crippen molar-refractivity contribution >= 4 is 13.7 Å². The molecule has 1 saturated carbocycles. The van der Waals surface area contributed by atoms with Crippen LogP contribution in [0, 0.1) is 0 Å². The van der Waals surface area contributed by atoms with Gasteiger partial charge in [-0.2, -0.15) is 0 Å². The average molecular weight is 654 g/mol. The first kappa shape index (κ1) is 41.1. The minimum atomic E-state index is -5.05. The smallest absolute Gasteiger partial charge is 0.387 e. The van der Waals surface area contributed by atoms with Crippen molar-refractivity contribution in [3.63, 3.8) is 0 Å². The first-order valence-electron chi connectivity index (χ1n) is 16.6. The molecule has 0 saturated heterocycles. The first-order chi connectivity index (χ1) is 20.9. The number of hydrogen-bond acceptors (Lipinski definition) is 10. The summed E-state index contributed by atoms with van der Waals surface area (Å²) in [6.45, 7) is 3.70. The third-order valence-corrected chi connectivity index (χ3v) is 9.05. The zero-order valence-corrected chi connectivity index (χ0v) is 27.6. The molecule has 0 aromatic rings. The summed E-state index contributed by atoms with van der Waals surface area (Å²) in [4.78, 5) is 23.0. The lowest BCUT2D eigenvalue weighted by Gasteiger charge is -2.41. The zero-order chi connectivity index (χ0) is 33.0. The van der Waals surface area contributed by atoms with Crippen LogP contribution in [0.25, 0.3) is 0 Å². The molecule has 9 atom stereocenters. The fraction of sp³-hybridized carbons (Fsp3) is 0.903. The Morgan fingerprint density at radius 2 is 1.20 bits per heavy atom. The quantitative estimate of drug-likeness (QED) is 0.0407. The Labute approximate surface area is 263 Å². The predicted molar refractivity (Wildman–Crippen MR) is 168 cm³/mol. The molecule has 1 aliphatic rings. The van der Waals surface area contributed by atoms with Gasteiger partial charge in [0, 0.05) is 6.42 Å². The highest BCUT2D eigenvalue weighted by molar-refractivity contribution is 7.47. The van der Waals surface area contributed by atoms with E-state index in [0.717, 1.165) is 44.9 Å². The van der Waals surface area contributed by atoms with E-state index in [1.807, 2.05) is 0 Å². The monoisotopic (exact) mass is 653 g/mol. The van der Waals surface area contributed by atoms with Gasteiger partial charge in [-0.05, 0) is 19.3 Å². The van der Waals surface area contributed by atoms with Crippen molar-refractivity contribution in [2.24, 2.45) is 0 Å². The molecule has 0 aliphatic heterocycles. The number of phosphoric ester groups is 1. The van der Waals surface area contributed by atoms with Crippen molar-refractivity contribution in [2.45, 2.75) is 172 Å². The van der Waals surface area contributed by atoms with Crippen molar-refractivity contribution in [2.75, 3.05) is 6.61 Å². The third-order valence-electron chi connectivity index (χ3n) is 8.07. The topological polar surface area (TPSA) is 206 Å². The molecular formula is C31H60NO11P. The number of nitrogens with one attached hydrogen (secondary N) is 1. The number of phosphoric acid groups is 1. The Hall–Kier alpha value is -0.920. The first-order valence-corrected chi connectivity index (χ1v) is 18.1. The largest absolute Gasteiger partial charge is 0.472 e. The number of allylic oxidation sites excluding steroid dienone is 1. The predicted octanol–water partition coefficient (Wildman–Crippen LogP) is 3.38. The Bertz CT molecular complexity index is 816. The van der Waals surface area contributed by atoms with Gasteiger partial charge in [0.1, 0.15) is 36.6 Å². The van der Waals surface area contributed by atoms with Gasteiger partial charge in [-0.3, -0.25) is 13.8 Å². The van der Waals surface area contributed by atoms with Crippen LogP contribution in [0.5, 0.6) is 0 Å². The van der Waals surface area contributed by atoms with Gasteiger partial charge in [0.15, 0.2) is 0 Å². The highest BCUT2D eigenvalue weighted by atomic mass is 31.2. The van der Waals surface area contributed by atoms with Crippen molar-refractivity contribution in [1.29, 1.82) is 0 Å². The number of unbranched alkanes of at least 4 members (excludes halogenated alkanes) is 14. The molecule has 12 nitrogen and oxygen atoms in total. The molecule has 0 heterocycles. The van der Waals surface area contributed by atoms with E-state index in [9.17, 15) is 44.9 Å². The van der Waals surface area contributed by atoms with Crippen LogP contribution < -0.4 is 5.32 Å². The second-order valence-corrected chi connectivity index (χ2v) is 13.4. The van der Waals surface area contributed by atoms with E-state index >= 15 is 0 Å². The van der Waals surface area contributed by atoms with Crippen molar-refractivity contribution in [3.05, 3.63) is 12.2 Å². The van der Waals surface area contributed by atoms with Gasteiger partial charge in [0.05, 0.1) is 18.8 Å². The summed E-state index contributed by atoms with van der Waals surface area (Å²) in [5, 5.41) is 63.2. The maximum absolute atomic E-state index is 12.7. The van der Waals surface area contributed by atoms with Crippen molar-refractivity contribution in [3.8, 4) is 0 Å². The van der Waals surface area contributed by atoms with Crippen LogP contribution in [0.1, 0.15) is 123 Å². The fourth-order valence-corrected chi connectivity index (χ4v) is 6.16. The number of aliphatic hydroxyl groups is 6. The standard InChI is InChI=1S/C31H60NO11P/c1-3-5-7-9-11-13-14-16-18-20-24(33)23(32-25(34)21-19-17-15-12-10-8-6-4-2)22-42-44(40,41)43-31-29(38)27(36)26(35)28(37)30(31)39/h18,20,23-24,26-31,33,35-39H,3-17,19,21-22H2,1-2H3,(H,32,34)(H,40,41)/b20-18+/t23-,24+,26?,27+,28?,29?,30?,31?/m0/s1. The molecule has 1 amide bonds. The lowest BCUT2D eigenvalue weighted by atomic mass is 9.85. The number of carbonyl (C=O) groups is 1. The SMILES string of the molecule is CCCCCCCCC/C=C/[C@@H](O)[C@H](COP(=O)(O)OC1C(O)C(O)C(O)[C@@H](O)C1O)NC(=O)CCCCCCCCCC. The molecule has 0 aromatic heterocycles. The lowest BCUT2D eigenvalue weighted by Crippen LogP contribution is -2.64. The second kappa shape index (κ2) is 23.4. The molecule has 8 N–H and O–H groups in total. The molecule has 1 aliphatic carbocycles. The number of carbonyl (C=O) groups excluding carboxylic acids is 1. The summed E-state index contributed by atoms with van der Waals surface area (Å²) in [7, 11) is -5.05. The number of amides is 1.